The first-order chi connectivity index (χ1) is 13.6. The van der Waals surface area contributed by atoms with Crippen LogP contribution < -0.4 is 4.74 Å². The fourth-order valence-electron chi connectivity index (χ4n) is 5.03. The van der Waals surface area contributed by atoms with E-state index in [1.165, 1.54) is 0 Å². The fraction of sp³-hybridized carbons (Fsp3) is 0.476. The molecule has 2 aliphatic heterocycles. The molecule has 1 saturated heterocycles. The van der Waals surface area contributed by atoms with E-state index in [1.54, 1.807) is 7.11 Å². The summed E-state index contributed by atoms with van der Waals surface area (Å²) >= 11 is 0. The normalized spacial score (nSPS) is 32.8. The van der Waals surface area contributed by atoms with Crippen LogP contribution in [0.2, 0.25) is 0 Å². The van der Waals surface area contributed by atoms with Gasteiger partial charge in [-0.25, -0.2) is 0 Å². The summed E-state index contributed by atoms with van der Waals surface area (Å²) in [6, 6.07) is 9.74. The SMILES string of the molecule is COC1=C[C@H]2C[C@H]3[C@H](N(C)C)c4onc(OCc5ccccc5)c4C(O)[C@@]13O2. The van der Waals surface area contributed by atoms with E-state index in [-0.39, 0.29) is 18.1 Å². The van der Waals surface area contributed by atoms with Crippen molar-refractivity contribution in [1.29, 1.82) is 0 Å². The molecule has 1 spiro atoms. The Balaban J connectivity index is 1.56. The lowest BCUT2D eigenvalue weighted by atomic mass is 9.66. The summed E-state index contributed by atoms with van der Waals surface area (Å²) in [6.45, 7) is 0.339. The van der Waals surface area contributed by atoms with E-state index in [1.807, 2.05) is 50.5 Å². The maximum absolute atomic E-state index is 11.4. The number of benzene rings is 1. The highest BCUT2D eigenvalue weighted by atomic mass is 16.6. The van der Waals surface area contributed by atoms with Crippen LogP contribution in [0.3, 0.4) is 0 Å². The quantitative estimate of drug-likeness (QED) is 0.849. The molecule has 0 saturated carbocycles. The summed E-state index contributed by atoms with van der Waals surface area (Å²) in [5.41, 5.74) is 0.634. The highest BCUT2D eigenvalue weighted by molar-refractivity contribution is 5.45. The van der Waals surface area contributed by atoms with Gasteiger partial charge < -0.3 is 23.8 Å². The molecule has 1 aromatic carbocycles. The highest BCUT2D eigenvalue weighted by Crippen LogP contribution is 2.63. The van der Waals surface area contributed by atoms with Crippen LogP contribution in [0.4, 0.5) is 0 Å². The van der Waals surface area contributed by atoms with Crippen molar-refractivity contribution in [2.24, 2.45) is 5.92 Å². The molecule has 148 valence electrons. The smallest absolute Gasteiger partial charge is 0.260 e. The minimum Gasteiger partial charge on any atom is -0.498 e. The largest absolute Gasteiger partial charge is 0.498 e. The molecular weight excluding hydrogens is 360 g/mol. The lowest BCUT2D eigenvalue weighted by molar-refractivity contribution is -0.132. The number of hydrogen-bond acceptors (Lipinski definition) is 7. The van der Waals surface area contributed by atoms with Gasteiger partial charge in [-0.1, -0.05) is 30.3 Å². The molecule has 1 fully saturated rings. The Morgan fingerprint density at radius 1 is 1.29 bits per heavy atom. The van der Waals surface area contributed by atoms with Gasteiger partial charge in [-0.15, -0.1) is 0 Å². The third-order valence-corrected chi connectivity index (χ3v) is 6.15. The van der Waals surface area contributed by atoms with Crippen molar-refractivity contribution in [3.05, 3.63) is 59.1 Å². The molecule has 1 aliphatic carbocycles. The lowest BCUT2D eigenvalue weighted by Gasteiger charge is -2.46. The maximum atomic E-state index is 11.4. The third-order valence-electron chi connectivity index (χ3n) is 6.15. The van der Waals surface area contributed by atoms with E-state index < -0.39 is 11.7 Å². The van der Waals surface area contributed by atoms with Crippen molar-refractivity contribution in [2.45, 2.75) is 36.9 Å². The van der Waals surface area contributed by atoms with Gasteiger partial charge in [0.05, 0.1) is 24.8 Å². The summed E-state index contributed by atoms with van der Waals surface area (Å²) in [5.74, 6) is 1.63. The molecule has 0 amide bonds. The molecule has 1 unspecified atom stereocenters. The van der Waals surface area contributed by atoms with Gasteiger partial charge in [0.2, 0.25) is 0 Å². The van der Waals surface area contributed by atoms with E-state index in [9.17, 15) is 5.11 Å². The van der Waals surface area contributed by atoms with Crippen molar-refractivity contribution < 1.29 is 23.8 Å². The van der Waals surface area contributed by atoms with E-state index in [4.69, 9.17) is 18.7 Å². The number of ether oxygens (including phenoxy) is 3. The Bertz CT molecular complexity index is 909. The van der Waals surface area contributed by atoms with Gasteiger partial charge >= 0.3 is 0 Å². The molecule has 0 radical (unpaired) electrons. The molecule has 5 atom stereocenters. The Hall–Kier alpha value is -2.35. The van der Waals surface area contributed by atoms with Crippen LogP contribution in [0.15, 0.2) is 46.7 Å². The number of aliphatic hydroxyl groups excluding tert-OH is 1. The Kier molecular flexibility index (Phi) is 4.01. The van der Waals surface area contributed by atoms with E-state index in [0.717, 1.165) is 12.0 Å². The minimum absolute atomic E-state index is 0.00451. The summed E-state index contributed by atoms with van der Waals surface area (Å²) in [4.78, 5) is 2.08. The van der Waals surface area contributed by atoms with E-state index in [0.29, 0.717) is 29.6 Å². The molecule has 2 aromatic rings. The highest BCUT2D eigenvalue weighted by Gasteiger charge is 2.68. The second kappa shape index (κ2) is 6.34. The second-order valence-corrected chi connectivity index (χ2v) is 7.88. The first-order valence-electron chi connectivity index (χ1n) is 9.51. The first-order valence-corrected chi connectivity index (χ1v) is 9.51. The fourth-order valence-corrected chi connectivity index (χ4v) is 5.03. The average molecular weight is 384 g/mol. The van der Waals surface area contributed by atoms with Crippen LogP contribution in [0, 0.1) is 5.92 Å². The monoisotopic (exact) mass is 384 g/mol. The predicted octanol–water partition coefficient (Wildman–Crippen LogP) is 2.59. The van der Waals surface area contributed by atoms with E-state index >= 15 is 0 Å². The number of fused-ring (bicyclic) bond motifs is 2. The summed E-state index contributed by atoms with van der Waals surface area (Å²) in [7, 11) is 5.61. The van der Waals surface area contributed by atoms with Gasteiger partial charge in [0, 0.05) is 5.92 Å². The van der Waals surface area contributed by atoms with Gasteiger partial charge in [0.25, 0.3) is 5.88 Å². The van der Waals surface area contributed by atoms with Crippen LogP contribution in [0.1, 0.15) is 35.5 Å². The van der Waals surface area contributed by atoms with Crippen LogP contribution in [0.5, 0.6) is 5.88 Å². The number of methoxy groups -OCH3 is 1. The maximum Gasteiger partial charge on any atom is 0.260 e. The van der Waals surface area contributed by atoms with Crippen molar-refractivity contribution >= 4 is 0 Å². The number of aromatic nitrogens is 1. The number of rotatable bonds is 5. The molecule has 3 heterocycles. The van der Waals surface area contributed by atoms with Crippen LogP contribution >= 0.6 is 0 Å². The van der Waals surface area contributed by atoms with Crippen LogP contribution in [-0.4, -0.2) is 48.1 Å². The van der Waals surface area contributed by atoms with Crippen LogP contribution in [0.25, 0.3) is 0 Å². The molecule has 5 rings (SSSR count). The van der Waals surface area contributed by atoms with Crippen molar-refractivity contribution in [2.75, 3.05) is 21.2 Å². The topological polar surface area (TPSA) is 77.2 Å². The van der Waals surface area contributed by atoms with Gasteiger partial charge in [-0.05, 0) is 37.3 Å². The van der Waals surface area contributed by atoms with Crippen molar-refractivity contribution in [3.63, 3.8) is 0 Å². The molecular formula is C21H24N2O5. The van der Waals surface area contributed by atoms with Crippen molar-refractivity contribution in [1.82, 2.24) is 10.1 Å². The number of hydrogen-bond donors (Lipinski definition) is 1. The van der Waals surface area contributed by atoms with Crippen LogP contribution in [-0.2, 0) is 16.1 Å². The van der Waals surface area contributed by atoms with Gasteiger partial charge in [-0.3, -0.25) is 4.90 Å². The third kappa shape index (κ3) is 2.30. The standard InChI is InChI=1S/C21H24N2O5/c1-23(2)17-14-9-13-10-15(25-3)21(14,27-13)19(24)16-18(17)28-22-20(16)26-11-12-7-5-4-6-8-12/h4-8,10,13-14,17,19,24H,9,11H2,1-3H3/t13-,14+,17+,19?,21+/m1/s1. The first kappa shape index (κ1) is 17.7. The molecule has 1 N–H and O–H groups in total. The summed E-state index contributed by atoms with van der Waals surface area (Å²) in [5, 5.41) is 15.6. The van der Waals surface area contributed by atoms with Crippen molar-refractivity contribution in [3.8, 4) is 5.88 Å². The molecule has 7 heteroatoms. The zero-order valence-corrected chi connectivity index (χ0v) is 16.2. The number of aliphatic hydroxyl groups is 1. The lowest BCUT2D eigenvalue weighted by Crippen LogP contribution is -2.51. The molecule has 7 nitrogen and oxygen atoms in total. The van der Waals surface area contributed by atoms with Gasteiger partial charge in [0.15, 0.2) is 11.4 Å². The molecule has 2 bridgehead atoms. The molecule has 3 aliphatic rings. The Morgan fingerprint density at radius 3 is 2.79 bits per heavy atom. The molecule has 28 heavy (non-hydrogen) atoms. The minimum atomic E-state index is -0.973. The summed E-state index contributed by atoms with van der Waals surface area (Å²) in [6.07, 6.45) is 1.73. The zero-order valence-electron chi connectivity index (χ0n) is 16.2. The zero-order chi connectivity index (χ0) is 19.5. The molecule has 1 aromatic heterocycles. The Morgan fingerprint density at radius 2 is 2.07 bits per heavy atom. The Labute approximate surface area is 163 Å². The van der Waals surface area contributed by atoms with Gasteiger partial charge in [-0.2, -0.15) is 0 Å². The number of nitrogens with zero attached hydrogens (tertiary/aromatic N) is 2. The predicted molar refractivity (Wildman–Crippen MR) is 99.5 cm³/mol. The second-order valence-electron chi connectivity index (χ2n) is 7.88. The van der Waals surface area contributed by atoms with E-state index in [2.05, 4.69) is 10.1 Å². The summed E-state index contributed by atoms with van der Waals surface area (Å²) < 4.78 is 23.6. The average Bonchev–Trinajstić information content (AvgIpc) is 3.38. The van der Waals surface area contributed by atoms with Gasteiger partial charge in [0.1, 0.15) is 18.5 Å².